The van der Waals surface area contributed by atoms with Crippen molar-refractivity contribution in [1.29, 1.82) is 0 Å². The third-order valence-corrected chi connectivity index (χ3v) is 4.87. The highest BCUT2D eigenvalue weighted by molar-refractivity contribution is 5.61. The second-order valence-corrected chi connectivity index (χ2v) is 6.66. The summed E-state index contributed by atoms with van der Waals surface area (Å²) in [6.45, 7) is 3.31. The molecule has 3 heterocycles. The van der Waals surface area contributed by atoms with Crippen LogP contribution in [0.25, 0.3) is 11.3 Å². The van der Waals surface area contributed by atoms with E-state index >= 15 is 0 Å². The molecule has 8 heteroatoms. The summed E-state index contributed by atoms with van der Waals surface area (Å²) in [7, 11) is 2.00. The topological polar surface area (TPSA) is 89.4 Å². The predicted octanol–water partition coefficient (Wildman–Crippen LogP) is 2.73. The summed E-state index contributed by atoms with van der Waals surface area (Å²) in [5.74, 6) is 2.49. The molecule has 8 nitrogen and oxygen atoms in total. The fourth-order valence-electron chi connectivity index (χ4n) is 3.48. The zero-order chi connectivity index (χ0) is 18.8. The van der Waals surface area contributed by atoms with Crippen LogP contribution in [0, 0.1) is 10.1 Å². The van der Waals surface area contributed by atoms with Crippen LogP contribution in [0.3, 0.4) is 0 Å². The van der Waals surface area contributed by atoms with E-state index in [1.54, 1.807) is 6.07 Å². The van der Waals surface area contributed by atoms with Gasteiger partial charge in [-0.2, -0.15) is 0 Å². The summed E-state index contributed by atoms with van der Waals surface area (Å²) < 4.78 is 8.03. The lowest BCUT2D eigenvalue weighted by atomic mass is 10.1. The number of nitrogens with one attached hydrogen (secondary N) is 1. The average molecular weight is 367 g/mol. The molecule has 1 fully saturated rings. The van der Waals surface area contributed by atoms with E-state index in [-0.39, 0.29) is 11.7 Å². The number of nitro groups is 1. The predicted molar refractivity (Wildman–Crippen MR) is 100 cm³/mol. The number of non-ortho nitro benzene ring substituents is 1. The fourth-order valence-corrected chi connectivity index (χ4v) is 3.48. The van der Waals surface area contributed by atoms with Gasteiger partial charge in [0.15, 0.2) is 0 Å². The second-order valence-electron chi connectivity index (χ2n) is 6.66. The number of benzene rings is 1. The Morgan fingerprint density at radius 1 is 1.37 bits per heavy atom. The van der Waals surface area contributed by atoms with Crippen LogP contribution in [-0.4, -0.2) is 39.0 Å². The zero-order valence-corrected chi connectivity index (χ0v) is 15.0. The SMILES string of the molecule is Cn1ccnc1C1CNCCN1Cc1ccc(-c2cccc([N+](=O)[O-])c2)o1. The van der Waals surface area contributed by atoms with Crippen LogP contribution in [0.1, 0.15) is 17.6 Å². The molecule has 4 rings (SSSR count). The Morgan fingerprint density at radius 3 is 3.04 bits per heavy atom. The Hall–Kier alpha value is -2.97. The quantitative estimate of drug-likeness (QED) is 0.551. The van der Waals surface area contributed by atoms with E-state index in [4.69, 9.17) is 4.42 Å². The van der Waals surface area contributed by atoms with Crippen LogP contribution < -0.4 is 5.32 Å². The molecule has 1 aliphatic heterocycles. The van der Waals surface area contributed by atoms with E-state index < -0.39 is 4.92 Å². The van der Waals surface area contributed by atoms with Gasteiger partial charge >= 0.3 is 0 Å². The van der Waals surface area contributed by atoms with Crippen LogP contribution in [0.4, 0.5) is 5.69 Å². The van der Waals surface area contributed by atoms with Crippen molar-refractivity contribution in [2.45, 2.75) is 12.6 Å². The molecule has 0 spiro atoms. The summed E-state index contributed by atoms with van der Waals surface area (Å²) in [6, 6.07) is 10.5. The summed E-state index contributed by atoms with van der Waals surface area (Å²) >= 11 is 0. The van der Waals surface area contributed by atoms with Gasteiger partial charge in [0, 0.05) is 56.8 Å². The largest absolute Gasteiger partial charge is 0.460 e. The maximum atomic E-state index is 11.0. The minimum Gasteiger partial charge on any atom is -0.460 e. The Labute approximate surface area is 156 Å². The Balaban J connectivity index is 1.54. The first-order chi connectivity index (χ1) is 13.1. The Morgan fingerprint density at radius 2 is 2.26 bits per heavy atom. The molecular weight excluding hydrogens is 346 g/mol. The molecule has 3 aromatic rings. The smallest absolute Gasteiger partial charge is 0.270 e. The number of rotatable bonds is 5. The van der Waals surface area contributed by atoms with Gasteiger partial charge in [-0.05, 0) is 12.1 Å². The number of imidazole rings is 1. The van der Waals surface area contributed by atoms with E-state index in [1.807, 2.05) is 42.2 Å². The summed E-state index contributed by atoms with van der Waals surface area (Å²) in [6.07, 6.45) is 3.77. The van der Waals surface area contributed by atoms with Gasteiger partial charge in [-0.1, -0.05) is 12.1 Å². The van der Waals surface area contributed by atoms with Crippen molar-refractivity contribution in [2.75, 3.05) is 19.6 Å². The molecule has 2 aromatic heterocycles. The lowest BCUT2D eigenvalue weighted by molar-refractivity contribution is -0.384. The van der Waals surface area contributed by atoms with Crippen molar-refractivity contribution in [2.24, 2.45) is 7.05 Å². The summed E-state index contributed by atoms with van der Waals surface area (Å²) in [5.41, 5.74) is 0.763. The number of aromatic nitrogens is 2. The molecule has 1 aliphatic rings. The fraction of sp³-hybridized carbons (Fsp3) is 0.316. The van der Waals surface area contributed by atoms with Crippen LogP contribution in [0.2, 0.25) is 0 Å². The number of hydrogen-bond acceptors (Lipinski definition) is 6. The van der Waals surface area contributed by atoms with Gasteiger partial charge in [0.25, 0.3) is 5.69 Å². The Kier molecular flexibility index (Phi) is 4.74. The molecule has 1 atom stereocenters. The van der Waals surface area contributed by atoms with Gasteiger partial charge in [-0.3, -0.25) is 15.0 Å². The summed E-state index contributed by atoms with van der Waals surface area (Å²) in [4.78, 5) is 17.4. The second kappa shape index (κ2) is 7.34. The first-order valence-corrected chi connectivity index (χ1v) is 8.87. The van der Waals surface area contributed by atoms with Crippen LogP contribution >= 0.6 is 0 Å². The number of aryl methyl sites for hydroxylation is 1. The molecule has 0 radical (unpaired) electrons. The van der Waals surface area contributed by atoms with Gasteiger partial charge in [0.05, 0.1) is 17.5 Å². The monoisotopic (exact) mass is 367 g/mol. The number of furan rings is 1. The van der Waals surface area contributed by atoms with E-state index in [0.29, 0.717) is 17.9 Å². The lowest BCUT2D eigenvalue weighted by Crippen LogP contribution is -2.46. The van der Waals surface area contributed by atoms with Crippen molar-refractivity contribution in [3.8, 4) is 11.3 Å². The number of hydrogen-bond donors (Lipinski definition) is 1. The molecule has 0 bridgehead atoms. The first-order valence-electron chi connectivity index (χ1n) is 8.87. The minimum atomic E-state index is -0.397. The van der Waals surface area contributed by atoms with Gasteiger partial charge in [-0.15, -0.1) is 0 Å². The third kappa shape index (κ3) is 3.62. The number of piperazine rings is 1. The standard InChI is InChI=1S/C19H21N5O3/c1-22-9-8-21-19(22)17-12-20-7-10-23(17)13-16-5-6-18(27-16)14-3-2-4-15(11-14)24(25)26/h2-6,8-9,11,17,20H,7,10,12-13H2,1H3. The number of nitrogens with zero attached hydrogens (tertiary/aromatic N) is 4. The van der Waals surface area contributed by atoms with Crippen LogP contribution in [0.15, 0.2) is 53.2 Å². The molecule has 0 amide bonds. The molecular formula is C19H21N5O3. The van der Waals surface area contributed by atoms with E-state index in [9.17, 15) is 10.1 Å². The van der Waals surface area contributed by atoms with Crippen LogP contribution in [-0.2, 0) is 13.6 Å². The van der Waals surface area contributed by atoms with Crippen molar-refractivity contribution in [3.05, 3.63) is 70.5 Å². The lowest BCUT2D eigenvalue weighted by Gasteiger charge is -2.35. The van der Waals surface area contributed by atoms with Gasteiger partial charge < -0.3 is 14.3 Å². The minimum absolute atomic E-state index is 0.0578. The third-order valence-electron chi connectivity index (χ3n) is 4.87. The maximum Gasteiger partial charge on any atom is 0.270 e. The van der Waals surface area contributed by atoms with Crippen LogP contribution in [0.5, 0.6) is 0 Å². The van der Waals surface area contributed by atoms with Gasteiger partial charge in [-0.25, -0.2) is 4.98 Å². The van der Waals surface area contributed by atoms with Gasteiger partial charge in [0.1, 0.15) is 17.3 Å². The first kappa shape index (κ1) is 17.4. The van der Waals surface area contributed by atoms with Crippen molar-refractivity contribution in [1.82, 2.24) is 19.8 Å². The average Bonchev–Trinajstić information content (AvgIpc) is 3.31. The molecule has 1 N–H and O–H groups in total. The van der Waals surface area contributed by atoms with Crippen molar-refractivity contribution in [3.63, 3.8) is 0 Å². The molecule has 0 saturated carbocycles. The Bertz CT molecular complexity index is 948. The highest BCUT2D eigenvalue weighted by Crippen LogP contribution is 2.28. The van der Waals surface area contributed by atoms with E-state index in [0.717, 1.165) is 31.2 Å². The molecule has 1 saturated heterocycles. The molecule has 140 valence electrons. The normalized spacial score (nSPS) is 17.9. The van der Waals surface area contributed by atoms with Crippen molar-refractivity contribution < 1.29 is 9.34 Å². The van der Waals surface area contributed by atoms with E-state index in [2.05, 4.69) is 15.2 Å². The zero-order valence-electron chi connectivity index (χ0n) is 15.0. The van der Waals surface area contributed by atoms with Crippen molar-refractivity contribution >= 4 is 5.69 Å². The molecule has 0 aliphatic carbocycles. The maximum absolute atomic E-state index is 11.0. The molecule has 1 unspecified atom stereocenters. The number of nitro benzene ring substituents is 1. The highest BCUT2D eigenvalue weighted by atomic mass is 16.6. The summed E-state index contributed by atoms with van der Waals surface area (Å²) in [5, 5.41) is 14.4. The van der Waals surface area contributed by atoms with Gasteiger partial charge in [0.2, 0.25) is 0 Å². The molecule has 27 heavy (non-hydrogen) atoms. The molecule has 1 aromatic carbocycles. The van der Waals surface area contributed by atoms with E-state index in [1.165, 1.54) is 12.1 Å². The highest BCUT2D eigenvalue weighted by Gasteiger charge is 2.27.